The Balaban J connectivity index is 2.23. The molecular weight excluding hydrogens is 410 g/mol. The number of carboxylic acid groups (broad SMARTS) is 2. The molecule has 2 amide bonds. The summed E-state index contributed by atoms with van der Waals surface area (Å²) in [5.41, 5.74) is 11.1. The smallest absolute Gasteiger partial charge is 0.394 e. The lowest BCUT2D eigenvalue weighted by molar-refractivity contribution is -0.214. The average Bonchev–Trinajstić information content (AvgIpc) is 2.74. The van der Waals surface area contributed by atoms with E-state index in [1.807, 2.05) is 10.9 Å². The first-order valence-electron chi connectivity index (χ1n) is 8.92. The number of rotatable bonds is 9. The zero-order valence-corrected chi connectivity index (χ0v) is 16.5. The van der Waals surface area contributed by atoms with E-state index in [-0.39, 0.29) is 17.9 Å². The summed E-state index contributed by atoms with van der Waals surface area (Å²) in [6, 6.07) is 12.1. The molecule has 1 atom stereocenters. The molecule has 0 aliphatic rings. The normalized spacial score (nSPS) is 12.3. The summed E-state index contributed by atoms with van der Waals surface area (Å²) in [7, 11) is 0. The second-order valence-corrected chi connectivity index (χ2v) is 6.33. The maximum atomic E-state index is 12.7. The molecule has 0 aromatic heterocycles. The number of aliphatic carboxylic acids is 2. The highest BCUT2D eigenvalue weighted by Gasteiger charge is 2.52. The average molecular weight is 431 g/mol. The monoisotopic (exact) mass is 431 g/mol. The van der Waals surface area contributed by atoms with Crippen LogP contribution in [0.25, 0.3) is 0 Å². The molecule has 0 bridgehead atoms. The first-order valence-corrected chi connectivity index (χ1v) is 8.92. The van der Waals surface area contributed by atoms with Gasteiger partial charge in [-0.25, -0.2) is 9.59 Å². The largest absolute Gasteiger partial charge is 0.480 e. The third kappa shape index (κ3) is 6.01. The minimum absolute atomic E-state index is 0.0633. The lowest BCUT2D eigenvalue weighted by Gasteiger charge is -2.28. The van der Waals surface area contributed by atoms with E-state index in [1.54, 1.807) is 31.2 Å². The molecule has 31 heavy (non-hydrogen) atoms. The fourth-order valence-electron chi connectivity index (χ4n) is 2.41. The van der Waals surface area contributed by atoms with Gasteiger partial charge in [0.15, 0.2) is 0 Å². The van der Waals surface area contributed by atoms with Crippen LogP contribution in [-0.2, 0) is 25.7 Å². The second kappa shape index (κ2) is 10.2. The zero-order valence-electron chi connectivity index (χ0n) is 16.5. The Kier molecular flexibility index (Phi) is 7.66. The van der Waals surface area contributed by atoms with Gasteiger partial charge in [-0.15, -0.1) is 0 Å². The molecule has 164 valence electrons. The van der Waals surface area contributed by atoms with Gasteiger partial charge in [-0.05, 0) is 42.3 Å². The predicted octanol–water partition coefficient (Wildman–Crippen LogP) is 0.176. The topological polar surface area (TPSA) is 177 Å². The maximum absolute atomic E-state index is 12.7. The molecular formula is C20H21N3O8. The van der Waals surface area contributed by atoms with E-state index in [0.29, 0.717) is 5.56 Å². The Bertz CT molecular complexity index is 977. The number of ether oxygens (including phenoxy) is 2. The van der Waals surface area contributed by atoms with Gasteiger partial charge in [0.05, 0.1) is 0 Å². The Morgan fingerprint density at radius 1 is 1.03 bits per heavy atom. The van der Waals surface area contributed by atoms with E-state index in [0.717, 1.165) is 5.56 Å². The summed E-state index contributed by atoms with van der Waals surface area (Å²) < 4.78 is 10.1. The van der Waals surface area contributed by atoms with E-state index < -0.39 is 36.1 Å². The standard InChI is InChI=1S/C20H21N3O8/c1-12-3-2-4-15(9-12)31-20(19(28)29,30-11-16(24)25)18(27)23-22-17(26)14-7-5-13(10-21)6-8-14/h2-9H,10-11,21H2,1H3,(H,22,26)(H,23,27)(H,24,25)(H,28,29). The van der Waals surface area contributed by atoms with Gasteiger partial charge >= 0.3 is 23.6 Å². The van der Waals surface area contributed by atoms with Gasteiger partial charge in [0.1, 0.15) is 12.4 Å². The van der Waals surface area contributed by atoms with Crippen LogP contribution in [0.5, 0.6) is 5.75 Å². The molecule has 2 aromatic rings. The van der Waals surface area contributed by atoms with E-state index in [2.05, 4.69) is 0 Å². The molecule has 0 fully saturated rings. The lowest BCUT2D eigenvalue weighted by atomic mass is 10.1. The van der Waals surface area contributed by atoms with Gasteiger partial charge in [0.25, 0.3) is 5.91 Å². The SMILES string of the molecule is Cc1cccc(OC(OCC(=O)O)(C(=O)O)C(=O)NNC(=O)c2ccc(CN)cc2)c1. The van der Waals surface area contributed by atoms with Crippen molar-refractivity contribution in [1.82, 2.24) is 10.9 Å². The number of hydrazine groups is 1. The van der Waals surface area contributed by atoms with Crippen molar-refractivity contribution in [3.8, 4) is 5.75 Å². The molecule has 11 heteroatoms. The van der Waals surface area contributed by atoms with Gasteiger partial charge < -0.3 is 25.4 Å². The van der Waals surface area contributed by atoms with Crippen molar-refractivity contribution in [3.63, 3.8) is 0 Å². The molecule has 1 unspecified atom stereocenters. The van der Waals surface area contributed by atoms with Crippen molar-refractivity contribution in [2.24, 2.45) is 5.73 Å². The van der Waals surface area contributed by atoms with Crippen LogP contribution < -0.4 is 21.3 Å². The third-order valence-electron chi connectivity index (χ3n) is 3.97. The van der Waals surface area contributed by atoms with Crippen LogP contribution in [0.2, 0.25) is 0 Å². The Morgan fingerprint density at radius 3 is 2.26 bits per heavy atom. The van der Waals surface area contributed by atoms with Crippen molar-refractivity contribution in [2.45, 2.75) is 19.3 Å². The van der Waals surface area contributed by atoms with E-state index in [4.69, 9.17) is 20.3 Å². The summed E-state index contributed by atoms with van der Waals surface area (Å²) in [5, 5.41) is 18.5. The van der Waals surface area contributed by atoms with Crippen molar-refractivity contribution < 1.29 is 38.9 Å². The number of benzene rings is 2. The highest BCUT2D eigenvalue weighted by Crippen LogP contribution is 2.22. The fraction of sp³-hybridized carbons (Fsp3) is 0.200. The van der Waals surface area contributed by atoms with Gasteiger partial charge in [-0.2, -0.15) is 0 Å². The van der Waals surface area contributed by atoms with Crippen LogP contribution in [0.3, 0.4) is 0 Å². The van der Waals surface area contributed by atoms with Crippen LogP contribution in [0.4, 0.5) is 0 Å². The summed E-state index contributed by atoms with van der Waals surface area (Å²) in [5.74, 6) is -8.81. The number of nitrogens with two attached hydrogens (primary N) is 1. The van der Waals surface area contributed by atoms with E-state index in [9.17, 15) is 24.3 Å². The van der Waals surface area contributed by atoms with Gasteiger partial charge in [0, 0.05) is 12.1 Å². The number of hydrogen-bond acceptors (Lipinski definition) is 7. The number of hydrogen-bond donors (Lipinski definition) is 5. The molecule has 0 heterocycles. The maximum Gasteiger partial charge on any atom is 0.394 e. The minimum Gasteiger partial charge on any atom is -0.480 e. The summed E-state index contributed by atoms with van der Waals surface area (Å²) >= 11 is 0. The fourth-order valence-corrected chi connectivity index (χ4v) is 2.41. The molecule has 0 saturated carbocycles. The highest BCUT2D eigenvalue weighted by molar-refractivity contribution is 6.05. The van der Waals surface area contributed by atoms with Crippen molar-refractivity contribution in [3.05, 3.63) is 65.2 Å². The summed E-state index contributed by atoms with van der Waals surface area (Å²) in [6.07, 6.45) is 0. The van der Waals surface area contributed by atoms with Crippen molar-refractivity contribution in [2.75, 3.05) is 6.61 Å². The first kappa shape index (κ1) is 23.3. The van der Waals surface area contributed by atoms with Gasteiger partial charge in [0.2, 0.25) is 0 Å². The van der Waals surface area contributed by atoms with Gasteiger partial charge in [-0.1, -0.05) is 24.3 Å². The lowest BCUT2D eigenvalue weighted by Crippen LogP contribution is -2.62. The first-order chi connectivity index (χ1) is 14.7. The van der Waals surface area contributed by atoms with E-state index >= 15 is 0 Å². The highest BCUT2D eigenvalue weighted by atomic mass is 16.7. The number of aryl methyl sites for hydroxylation is 1. The molecule has 6 N–H and O–H groups in total. The summed E-state index contributed by atoms with van der Waals surface area (Å²) in [4.78, 5) is 47.8. The zero-order chi connectivity index (χ0) is 23.0. The molecule has 0 radical (unpaired) electrons. The second-order valence-electron chi connectivity index (χ2n) is 6.33. The molecule has 0 spiro atoms. The van der Waals surface area contributed by atoms with Crippen molar-refractivity contribution >= 4 is 23.8 Å². The van der Waals surface area contributed by atoms with Crippen LogP contribution in [0.1, 0.15) is 21.5 Å². The number of carbonyl (C=O) groups is 4. The molecule has 2 aromatic carbocycles. The van der Waals surface area contributed by atoms with Crippen LogP contribution in [-0.4, -0.2) is 46.4 Å². The summed E-state index contributed by atoms with van der Waals surface area (Å²) in [6.45, 7) is 0.820. The number of carboxylic acids is 2. The van der Waals surface area contributed by atoms with Crippen LogP contribution >= 0.6 is 0 Å². The number of nitrogens with one attached hydrogen (secondary N) is 2. The quantitative estimate of drug-likeness (QED) is 0.210. The molecule has 2 rings (SSSR count). The van der Waals surface area contributed by atoms with Gasteiger partial charge in [-0.3, -0.25) is 20.4 Å². The molecule has 11 nitrogen and oxygen atoms in total. The van der Waals surface area contributed by atoms with E-state index in [1.165, 1.54) is 24.3 Å². The van der Waals surface area contributed by atoms with Crippen LogP contribution in [0, 0.1) is 6.92 Å². The molecule has 0 saturated heterocycles. The predicted molar refractivity (Wildman–Crippen MR) is 106 cm³/mol. The van der Waals surface area contributed by atoms with Crippen molar-refractivity contribution in [1.29, 1.82) is 0 Å². The third-order valence-corrected chi connectivity index (χ3v) is 3.97. The Morgan fingerprint density at radius 2 is 1.71 bits per heavy atom. The number of amides is 2. The van der Waals surface area contributed by atoms with Crippen LogP contribution in [0.15, 0.2) is 48.5 Å². The Hall–Kier alpha value is -3.96. The Labute approximate surface area is 176 Å². The molecule has 0 aliphatic carbocycles. The number of carbonyl (C=O) groups excluding carboxylic acids is 2. The molecule has 0 aliphatic heterocycles. The minimum atomic E-state index is -3.08.